The Bertz CT molecular complexity index is 2200. The average Bonchev–Trinajstić information content (AvgIpc) is 0.824. The van der Waals surface area contributed by atoms with Gasteiger partial charge >= 0.3 is 0 Å². The molecule has 96 heavy (non-hydrogen) atoms. The van der Waals surface area contributed by atoms with Gasteiger partial charge < -0.3 is 137 Å². The number of hydrogen-bond donors (Lipinski definition) is 17. The Morgan fingerprint density at radius 2 is 0.771 bits per heavy atom. The van der Waals surface area contributed by atoms with Gasteiger partial charge in [0.15, 0.2) is 18.9 Å². The molecule has 3 saturated heterocycles. The van der Waals surface area contributed by atoms with Gasteiger partial charge in [-0.05, 0) is 64.7 Å². The van der Waals surface area contributed by atoms with Crippen LogP contribution in [0.2, 0.25) is 0 Å². The van der Waals surface area contributed by atoms with Crippen LogP contribution in [0.15, 0.2) is 0 Å². The SMILES string of the molecule is CC(=O)C[C@H]1[C@H](OCCCCC(=O)NCCCNC(=O)CCOCC(N)(COCCC(=O)NCCCNC(=O)CCCCO[C@@H]2OC[C@H](O)[C@H](O)[C@H]2NC(C)=O)COCCC(=O)NCCCNC(=O)CCCCO[C@@H]2O[C@H](CO)[C@H](O)[C@H](O)[C@H]2NC(C)=O)O[C@H](CO)[C@H](O)[C@@H]1O. The first-order valence-corrected chi connectivity index (χ1v) is 33.1. The zero-order chi connectivity index (χ0) is 70.8. The number of ketones is 1. The van der Waals surface area contributed by atoms with Crippen molar-refractivity contribution in [2.24, 2.45) is 11.7 Å². The molecule has 18 N–H and O–H groups in total. The Morgan fingerprint density at radius 3 is 1.15 bits per heavy atom. The van der Waals surface area contributed by atoms with E-state index in [4.69, 9.17) is 48.4 Å². The summed E-state index contributed by atoms with van der Waals surface area (Å²) in [5.74, 6) is -3.54. The van der Waals surface area contributed by atoms with Crippen LogP contribution in [-0.2, 0) is 85.8 Å². The minimum Gasteiger partial charge on any atom is -0.394 e. The zero-order valence-corrected chi connectivity index (χ0v) is 55.6. The summed E-state index contributed by atoms with van der Waals surface area (Å²) in [4.78, 5) is 110. The second kappa shape index (κ2) is 48.5. The summed E-state index contributed by atoms with van der Waals surface area (Å²) in [5.41, 5.74) is 5.40. The quantitative estimate of drug-likeness (QED) is 0.0252. The summed E-state index contributed by atoms with van der Waals surface area (Å²) < 4.78 is 51.0. The van der Waals surface area contributed by atoms with Crippen LogP contribution >= 0.6 is 0 Å². The van der Waals surface area contributed by atoms with E-state index in [0.717, 1.165) is 0 Å². The third-order valence-electron chi connectivity index (χ3n) is 15.5. The molecular formula is C61H109N9O26. The number of unbranched alkanes of at least 4 members (excludes halogenated alkanes) is 3. The van der Waals surface area contributed by atoms with Crippen LogP contribution in [-0.4, -0.2) is 298 Å². The first-order valence-electron chi connectivity index (χ1n) is 33.1. The predicted octanol–water partition coefficient (Wildman–Crippen LogP) is -6.11. The predicted molar refractivity (Wildman–Crippen MR) is 336 cm³/mol. The lowest BCUT2D eigenvalue weighted by Gasteiger charge is -2.42. The van der Waals surface area contributed by atoms with Gasteiger partial charge in [-0.1, -0.05) is 0 Å². The van der Waals surface area contributed by atoms with Crippen molar-refractivity contribution in [1.29, 1.82) is 0 Å². The van der Waals surface area contributed by atoms with Gasteiger partial charge in [0.25, 0.3) is 0 Å². The van der Waals surface area contributed by atoms with Crippen LogP contribution in [0.1, 0.15) is 124 Å². The van der Waals surface area contributed by atoms with Crippen molar-refractivity contribution >= 4 is 53.0 Å². The molecule has 0 aromatic carbocycles. The maximum absolute atomic E-state index is 12.7. The first kappa shape index (κ1) is 84.9. The van der Waals surface area contributed by atoms with E-state index in [1.165, 1.54) is 20.8 Å². The molecule has 0 bridgehead atoms. The molecule has 3 rings (SSSR count). The summed E-state index contributed by atoms with van der Waals surface area (Å²) in [5, 5.41) is 102. The molecular weight excluding hydrogens is 1270 g/mol. The van der Waals surface area contributed by atoms with Gasteiger partial charge in [-0.3, -0.25) is 38.4 Å². The summed E-state index contributed by atoms with van der Waals surface area (Å²) >= 11 is 0. The van der Waals surface area contributed by atoms with Crippen LogP contribution < -0.4 is 48.3 Å². The van der Waals surface area contributed by atoms with E-state index in [2.05, 4.69) is 42.5 Å². The highest BCUT2D eigenvalue weighted by molar-refractivity contribution is 5.78. The van der Waals surface area contributed by atoms with Crippen molar-refractivity contribution in [2.75, 3.05) is 119 Å². The van der Waals surface area contributed by atoms with Crippen molar-refractivity contribution in [2.45, 2.75) is 209 Å². The van der Waals surface area contributed by atoms with E-state index >= 15 is 0 Å². The fraction of sp³-hybridized carbons (Fsp3) is 0.852. The maximum Gasteiger partial charge on any atom is 0.222 e. The summed E-state index contributed by atoms with van der Waals surface area (Å²) in [7, 11) is 0. The van der Waals surface area contributed by atoms with Crippen molar-refractivity contribution in [3.8, 4) is 0 Å². The smallest absolute Gasteiger partial charge is 0.222 e. The lowest BCUT2D eigenvalue weighted by atomic mass is 9.87. The Kier molecular flexibility index (Phi) is 42.9. The minimum atomic E-state index is -1.44. The maximum atomic E-state index is 12.7. The first-order chi connectivity index (χ1) is 45.9. The number of ether oxygens (including phenoxy) is 9. The molecule has 15 atom stereocenters. The zero-order valence-electron chi connectivity index (χ0n) is 55.6. The van der Waals surface area contributed by atoms with E-state index in [9.17, 15) is 84.0 Å². The number of carbonyl (C=O) groups excluding carboxylic acids is 9. The van der Waals surface area contributed by atoms with Gasteiger partial charge in [0, 0.05) is 124 Å². The number of amides is 8. The van der Waals surface area contributed by atoms with Gasteiger partial charge in [0.1, 0.15) is 60.6 Å². The molecule has 35 nitrogen and oxygen atoms in total. The number of nitrogens with two attached hydrogens (primary N) is 1. The number of nitrogens with one attached hydrogen (secondary N) is 8. The molecule has 8 amide bonds. The van der Waals surface area contributed by atoms with Crippen LogP contribution in [0, 0.1) is 5.92 Å². The highest BCUT2D eigenvalue weighted by Gasteiger charge is 2.47. The molecule has 0 saturated carbocycles. The van der Waals surface area contributed by atoms with Crippen molar-refractivity contribution in [3.05, 3.63) is 0 Å². The Morgan fingerprint density at radius 1 is 0.427 bits per heavy atom. The number of aliphatic hydroxyl groups excluding tert-OH is 8. The molecule has 1 unspecified atom stereocenters. The second-order valence-electron chi connectivity index (χ2n) is 24.1. The average molecular weight is 1380 g/mol. The van der Waals surface area contributed by atoms with Gasteiger partial charge in [-0.2, -0.15) is 0 Å². The van der Waals surface area contributed by atoms with E-state index in [-0.39, 0.29) is 178 Å². The molecule has 0 radical (unpaired) electrons. The van der Waals surface area contributed by atoms with Gasteiger partial charge in [0.05, 0.1) is 71.1 Å². The van der Waals surface area contributed by atoms with Crippen LogP contribution in [0.4, 0.5) is 0 Å². The molecule has 554 valence electrons. The normalized spacial score (nSPS) is 25.5. The largest absolute Gasteiger partial charge is 0.394 e. The van der Waals surface area contributed by atoms with E-state index in [0.29, 0.717) is 70.9 Å². The number of Topliss-reactive ketones (excluding diaryl/α,β-unsaturated/α-hetero) is 1. The van der Waals surface area contributed by atoms with Crippen LogP contribution in [0.25, 0.3) is 0 Å². The molecule has 35 heteroatoms. The van der Waals surface area contributed by atoms with Crippen molar-refractivity contribution in [1.82, 2.24) is 42.5 Å². The highest BCUT2D eigenvalue weighted by Crippen LogP contribution is 2.30. The van der Waals surface area contributed by atoms with Gasteiger partial charge in [-0.15, -0.1) is 0 Å². The topological polar surface area (TPSA) is 521 Å². The molecule has 3 aliphatic heterocycles. The van der Waals surface area contributed by atoms with Crippen molar-refractivity contribution in [3.63, 3.8) is 0 Å². The Labute approximate surface area is 559 Å². The fourth-order valence-corrected chi connectivity index (χ4v) is 10.2. The lowest BCUT2D eigenvalue weighted by Crippen LogP contribution is -2.64. The number of aliphatic hydroxyl groups is 8. The molecule has 0 aromatic heterocycles. The number of carbonyl (C=O) groups is 9. The molecule has 0 spiro atoms. The fourth-order valence-electron chi connectivity index (χ4n) is 10.2. The Hall–Kier alpha value is -5.29. The monoisotopic (exact) mass is 1380 g/mol. The van der Waals surface area contributed by atoms with Gasteiger partial charge in [-0.25, -0.2) is 0 Å². The summed E-state index contributed by atoms with van der Waals surface area (Å²) in [6.45, 7) is 4.19. The van der Waals surface area contributed by atoms with Crippen LogP contribution in [0.5, 0.6) is 0 Å². The summed E-state index contributed by atoms with van der Waals surface area (Å²) in [6, 6.07) is -2.02. The molecule has 0 aliphatic carbocycles. The third kappa shape index (κ3) is 35.0. The Balaban J connectivity index is 1.33. The van der Waals surface area contributed by atoms with Crippen molar-refractivity contribution < 1.29 is 127 Å². The standard InChI is InChI=1S/C61H109N9O26/c1-38(73)31-41-53(83)55(85)43(32-71)95-58(41)91-25-7-4-13-45(77)63-19-10-22-66-48(80)16-28-88-35-61(62,36-89-29-17-49(81)67-23-11-20-64-46(78)14-5-8-26-92-59-51(69-39(2)74)54(84)42(76)34-94-59)37-90-30-18-50(82)68-24-12-21-65-47(79)15-6-9-27-93-60-52(70-40(3)75)57(87)56(86)44(33-72)96-60/h41-44,51-60,71-72,76,83-87H,4-37,62H2,1-3H3,(H,63,77)(H,64,78)(H,65,79)(H,66,80)(H,67,81)(H,68,82)(H,69,74)(H,70,75)/t41-,42+,43-,44-,51-,52-,53-,54+,55+,56+,57-,58-,59-,60-,61?/m1/s1. The molecule has 3 fully saturated rings. The van der Waals surface area contributed by atoms with E-state index in [1.807, 2.05) is 0 Å². The number of hydrogen-bond acceptors (Lipinski definition) is 27. The molecule has 0 aromatic rings. The van der Waals surface area contributed by atoms with E-state index in [1.54, 1.807) is 0 Å². The van der Waals surface area contributed by atoms with Crippen LogP contribution in [0.3, 0.4) is 0 Å². The molecule has 3 heterocycles. The summed E-state index contributed by atoms with van der Waals surface area (Å²) in [6.07, 6.45) is -8.88. The van der Waals surface area contributed by atoms with E-state index < -0.39 is 116 Å². The second-order valence-corrected chi connectivity index (χ2v) is 24.1. The minimum absolute atomic E-state index is 0.0222. The molecule has 3 aliphatic rings. The third-order valence-corrected chi connectivity index (χ3v) is 15.5. The number of rotatable bonds is 51. The lowest BCUT2D eigenvalue weighted by molar-refractivity contribution is -0.285. The van der Waals surface area contributed by atoms with Gasteiger partial charge in [0.2, 0.25) is 47.3 Å². The highest BCUT2D eigenvalue weighted by atomic mass is 16.7.